The summed E-state index contributed by atoms with van der Waals surface area (Å²) in [5.41, 5.74) is 1.02. The third-order valence-electron chi connectivity index (χ3n) is 3.43. The average molecular weight is 247 g/mol. The van der Waals surface area contributed by atoms with Crippen molar-refractivity contribution >= 4 is 5.91 Å². The first-order valence-electron chi connectivity index (χ1n) is 6.48. The second-order valence-electron chi connectivity index (χ2n) is 5.47. The molecule has 0 spiro atoms. The molecule has 3 heteroatoms. The van der Waals surface area contributed by atoms with Gasteiger partial charge < -0.3 is 9.64 Å². The first kappa shape index (κ1) is 13.1. The van der Waals surface area contributed by atoms with E-state index in [0.29, 0.717) is 13.0 Å². The predicted molar refractivity (Wildman–Crippen MR) is 71.1 cm³/mol. The Hall–Kier alpha value is -1.35. The molecular formula is C15H21NO2. The molecule has 1 amide bonds. The Labute approximate surface area is 109 Å². The van der Waals surface area contributed by atoms with Crippen LogP contribution < -0.4 is 0 Å². The minimum Gasteiger partial charge on any atom is -0.356 e. The highest BCUT2D eigenvalue weighted by atomic mass is 16.5. The van der Waals surface area contributed by atoms with Crippen LogP contribution in [0.2, 0.25) is 0 Å². The van der Waals surface area contributed by atoms with Crippen molar-refractivity contribution in [3.05, 3.63) is 35.9 Å². The molecule has 0 saturated carbocycles. The van der Waals surface area contributed by atoms with Crippen LogP contribution in [0.5, 0.6) is 0 Å². The number of carbonyl (C=O) groups is 1. The lowest BCUT2D eigenvalue weighted by atomic mass is 10.0. The molecule has 0 N–H and O–H groups in total. The van der Waals surface area contributed by atoms with Crippen LogP contribution in [0.3, 0.4) is 0 Å². The molecule has 1 aromatic rings. The van der Waals surface area contributed by atoms with E-state index >= 15 is 0 Å². The second kappa shape index (κ2) is 5.11. The van der Waals surface area contributed by atoms with Gasteiger partial charge in [0.1, 0.15) is 6.23 Å². The van der Waals surface area contributed by atoms with Crippen LogP contribution in [-0.4, -0.2) is 29.2 Å². The number of hydrogen-bond acceptors (Lipinski definition) is 2. The van der Waals surface area contributed by atoms with Gasteiger partial charge in [0, 0.05) is 6.42 Å². The Morgan fingerprint density at radius 2 is 2.06 bits per heavy atom. The summed E-state index contributed by atoms with van der Waals surface area (Å²) in [6.07, 6.45) is 1.23. The third-order valence-corrected chi connectivity index (χ3v) is 3.43. The summed E-state index contributed by atoms with van der Waals surface area (Å²) in [4.78, 5) is 14.2. The van der Waals surface area contributed by atoms with E-state index in [-0.39, 0.29) is 17.7 Å². The van der Waals surface area contributed by atoms with Crippen LogP contribution in [-0.2, 0) is 16.0 Å². The molecule has 1 aliphatic heterocycles. The maximum absolute atomic E-state index is 12.3. The van der Waals surface area contributed by atoms with Crippen molar-refractivity contribution in [3.63, 3.8) is 0 Å². The zero-order valence-corrected chi connectivity index (χ0v) is 11.3. The van der Waals surface area contributed by atoms with Gasteiger partial charge in [-0.1, -0.05) is 30.3 Å². The van der Waals surface area contributed by atoms with E-state index < -0.39 is 0 Å². The van der Waals surface area contributed by atoms with Crippen molar-refractivity contribution in [1.82, 2.24) is 4.90 Å². The highest BCUT2D eigenvalue weighted by Gasteiger charge is 2.40. The first-order chi connectivity index (χ1) is 8.50. The Balaban J connectivity index is 1.96. The van der Waals surface area contributed by atoms with Gasteiger partial charge in [0.05, 0.1) is 12.1 Å². The molecule has 0 bridgehead atoms. The molecule has 1 unspecified atom stereocenters. The number of rotatable bonds is 3. The summed E-state index contributed by atoms with van der Waals surface area (Å²) < 4.78 is 5.56. The summed E-state index contributed by atoms with van der Waals surface area (Å²) in [6.45, 7) is 6.66. The molecule has 0 radical (unpaired) electrons. The smallest absolute Gasteiger partial charge is 0.225 e. The van der Waals surface area contributed by atoms with E-state index in [1.54, 1.807) is 0 Å². The summed E-state index contributed by atoms with van der Waals surface area (Å²) >= 11 is 0. The van der Waals surface area contributed by atoms with Crippen molar-refractivity contribution in [3.8, 4) is 0 Å². The van der Waals surface area contributed by atoms with Gasteiger partial charge in [-0.05, 0) is 32.8 Å². The Morgan fingerprint density at radius 3 is 2.61 bits per heavy atom. The van der Waals surface area contributed by atoms with Crippen LogP contribution >= 0.6 is 0 Å². The van der Waals surface area contributed by atoms with Crippen molar-refractivity contribution in [2.75, 3.05) is 6.61 Å². The lowest BCUT2D eigenvalue weighted by molar-refractivity contribution is -0.139. The monoisotopic (exact) mass is 247 g/mol. The normalized spacial score (nSPS) is 22.2. The minimum atomic E-state index is -0.187. The fourth-order valence-corrected chi connectivity index (χ4v) is 2.52. The van der Waals surface area contributed by atoms with Gasteiger partial charge in [-0.15, -0.1) is 0 Å². The number of nitrogens with zero attached hydrogens (tertiary/aromatic N) is 1. The minimum absolute atomic E-state index is 0.108. The molecule has 1 heterocycles. The Kier molecular flexibility index (Phi) is 3.71. The molecule has 2 rings (SSSR count). The van der Waals surface area contributed by atoms with Crippen LogP contribution in [0.25, 0.3) is 0 Å². The van der Waals surface area contributed by atoms with Gasteiger partial charge in [-0.3, -0.25) is 4.79 Å². The van der Waals surface area contributed by atoms with Gasteiger partial charge in [0.25, 0.3) is 0 Å². The van der Waals surface area contributed by atoms with Crippen LogP contribution in [0.4, 0.5) is 0 Å². The van der Waals surface area contributed by atoms with Crippen LogP contribution in [0.15, 0.2) is 30.3 Å². The highest BCUT2D eigenvalue weighted by molar-refractivity contribution is 5.77. The van der Waals surface area contributed by atoms with Crippen molar-refractivity contribution in [2.45, 2.75) is 45.4 Å². The summed E-state index contributed by atoms with van der Waals surface area (Å²) in [6, 6.07) is 10.1. The van der Waals surface area contributed by atoms with E-state index in [1.165, 1.54) is 5.56 Å². The van der Waals surface area contributed by atoms with Gasteiger partial charge in [0.2, 0.25) is 5.91 Å². The standard InChI is InChI=1S/C15H21NO2/c1-12-16(15(2,3)11-18-12)14(17)10-9-13-7-5-4-6-8-13/h4-8,12H,9-11H2,1-3H3. The fourth-order valence-electron chi connectivity index (χ4n) is 2.52. The van der Waals surface area contributed by atoms with Gasteiger partial charge in [-0.2, -0.15) is 0 Å². The van der Waals surface area contributed by atoms with E-state index in [0.717, 1.165) is 6.42 Å². The summed E-state index contributed by atoms with van der Waals surface area (Å²) in [5.74, 6) is 0.175. The average Bonchev–Trinajstić information content (AvgIpc) is 2.62. The topological polar surface area (TPSA) is 29.5 Å². The number of aryl methyl sites for hydroxylation is 1. The molecule has 98 valence electrons. The number of benzene rings is 1. The molecule has 0 aliphatic carbocycles. The van der Waals surface area contributed by atoms with Gasteiger partial charge >= 0.3 is 0 Å². The highest BCUT2D eigenvalue weighted by Crippen LogP contribution is 2.27. The maximum atomic E-state index is 12.3. The number of hydrogen-bond donors (Lipinski definition) is 0. The zero-order chi connectivity index (χ0) is 13.2. The summed E-state index contributed by atoms with van der Waals surface area (Å²) in [5, 5.41) is 0. The number of amides is 1. The van der Waals surface area contributed by atoms with E-state index in [9.17, 15) is 4.79 Å². The van der Waals surface area contributed by atoms with E-state index in [2.05, 4.69) is 26.0 Å². The Bertz CT molecular complexity index is 414. The summed E-state index contributed by atoms with van der Waals surface area (Å²) in [7, 11) is 0. The lowest BCUT2D eigenvalue weighted by Crippen LogP contribution is -2.47. The zero-order valence-electron chi connectivity index (χ0n) is 11.3. The van der Waals surface area contributed by atoms with Crippen molar-refractivity contribution < 1.29 is 9.53 Å². The quantitative estimate of drug-likeness (QED) is 0.821. The molecule has 1 aliphatic rings. The number of ether oxygens (including phenoxy) is 1. The van der Waals surface area contributed by atoms with E-state index in [1.807, 2.05) is 30.0 Å². The molecular weight excluding hydrogens is 226 g/mol. The molecule has 0 aromatic heterocycles. The Morgan fingerprint density at radius 1 is 1.39 bits per heavy atom. The van der Waals surface area contributed by atoms with E-state index in [4.69, 9.17) is 4.74 Å². The fraction of sp³-hybridized carbons (Fsp3) is 0.533. The van der Waals surface area contributed by atoms with Crippen LogP contribution in [0.1, 0.15) is 32.8 Å². The van der Waals surface area contributed by atoms with Gasteiger partial charge in [0.15, 0.2) is 0 Å². The lowest BCUT2D eigenvalue weighted by Gasteiger charge is -2.32. The molecule has 1 fully saturated rings. The second-order valence-corrected chi connectivity index (χ2v) is 5.47. The maximum Gasteiger partial charge on any atom is 0.225 e. The molecule has 3 nitrogen and oxygen atoms in total. The SMILES string of the molecule is CC1OCC(C)(C)N1C(=O)CCc1ccccc1. The molecule has 1 saturated heterocycles. The van der Waals surface area contributed by atoms with Gasteiger partial charge in [-0.25, -0.2) is 0 Å². The molecule has 1 atom stereocenters. The van der Waals surface area contributed by atoms with Crippen molar-refractivity contribution in [2.24, 2.45) is 0 Å². The molecule has 1 aromatic carbocycles. The number of carbonyl (C=O) groups excluding carboxylic acids is 1. The third kappa shape index (κ3) is 2.72. The molecule has 18 heavy (non-hydrogen) atoms. The predicted octanol–water partition coefficient (Wildman–Crippen LogP) is 2.60. The van der Waals surface area contributed by atoms with Crippen LogP contribution in [0, 0.1) is 0 Å². The first-order valence-corrected chi connectivity index (χ1v) is 6.48. The largest absolute Gasteiger partial charge is 0.356 e. The van der Waals surface area contributed by atoms with Crippen molar-refractivity contribution in [1.29, 1.82) is 0 Å².